The first kappa shape index (κ1) is 13.6. The molecule has 0 fully saturated rings. The predicted molar refractivity (Wildman–Crippen MR) is 82.2 cm³/mol. The van der Waals surface area contributed by atoms with Crippen LogP contribution in [0.3, 0.4) is 0 Å². The van der Waals surface area contributed by atoms with Gasteiger partial charge < -0.3 is 9.88 Å². The van der Waals surface area contributed by atoms with E-state index in [9.17, 15) is 9.18 Å². The number of nitrogens with one attached hydrogen (secondary N) is 1. The third kappa shape index (κ3) is 2.57. The van der Waals surface area contributed by atoms with Gasteiger partial charge in [-0.2, -0.15) is 0 Å². The fraction of sp³-hybridized carbons (Fsp3) is 0.125. The highest BCUT2D eigenvalue weighted by Crippen LogP contribution is 2.27. The second-order valence-electron chi connectivity index (χ2n) is 5.29. The summed E-state index contributed by atoms with van der Waals surface area (Å²) in [4.78, 5) is 28.8. The molecule has 1 aliphatic rings. The van der Waals surface area contributed by atoms with Gasteiger partial charge in [0.2, 0.25) is 5.95 Å². The summed E-state index contributed by atoms with van der Waals surface area (Å²) < 4.78 is 13.3. The zero-order valence-corrected chi connectivity index (χ0v) is 12.0. The maximum absolute atomic E-state index is 13.3. The van der Waals surface area contributed by atoms with E-state index in [-0.39, 0.29) is 11.4 Å². The molecule has 114 valence electrons. The van der Waals surface area contributed by atoms with E-state index in [0.29, 0.717) is 30.6 Å². The van der Waals surface area contributed by atoms with Crippen LogP contribution in [-0.4, -0.2) is 19.9 Å². The highest BCUT2D eigenvalue weighted by molar-refractivity contribution is 5.52. The summed E-state index contributed by atoms with van der Waals surface area (Å²) in [6.07, 6.45) is 3.05. The Morgan fingerprint density at radius 3 is 2.74 bits per heavy atom. The lowest BCUT2D eigenvalue weighted by atomic mass is 10.1. The number of hydrogen-bond donors (Lipinski definition) is 1. The Bertz CT molecular complexity index is 940. The molecule has 2 aromatic heterocycles. The van der Waals surface area contributed by atoms with Crippen LogP contribution in [0.15, 0.2) is 47.5 Å². The van der Waals surface area contributed by atoms with Crippen molar-refractivity contribution in [1.29, 1.82) is 0 Å². The van der Waals surface area contributed by atoms with Crippen LogP contribution in [0.1, 0.15) is 11.1 Å². The Hall–Kier alpha value is -3.09. The molecule has 0 unspecified atom stereocenters. The largest absolute Gasteiger partial charge is 0.332 e. The number of halogens is 1. The average molecular weight is 309 g/mol. The third-order valence-corrected chi connectivity index (χ3v) is 3.73. The summed E-state index contributed by atoms with van der Waals surface area (Å²) in [6.45, 7) is 1.17. The van der Waals surface area contributed by atoms with Crippen molar-refractivity contribution >= 4 is 5.95 Å². The lowest BCUT2D eigenvalue weighted by molar-refractivity contribution is 0.626. The van der Waals surface area contributed by atoms with Crippen molar-refractivity contribution in [1.82, 2.24) is 19.9 Å². The SMILES string of the molecule is O=c1ccnc(-c2ccnc(N3Cc4ccc(F)cc4C3)n2)[nH]1. The molecule has 23 heavy (non-hydrogen) atoms. The molecule has 6 nitrogen and oxygen atoms in total. The zero-order valence-electron chi connectivity index (χ0n) is 12.0. The Balaban J connectivity index is 1.67. The van der Waals surface area contributed by atoms with E-state index in [4.69, 9.17) is 0 Å². The number of fused-ring (bicyclic) bond motifs is 1. The highest BCUT2D eigenvalue weighted by atomic mass is 19.1. The molecule has 1 aromatic carbocycles. The minimum atomic E-state index is -0.244. The van der Waals surface area contributed by atoms with Crippen molar-refractivity contribution in [3.63, 3.8) is 0 Å². The van der Waals surface area contributed by atoms with E-state index in [1.165, 1.54) is 24.4 Å². The molecule has 1 aliphatic heterocycles. The summed E-state index contributed by atoms with van der Waals surface area (Å²) in [5.74, 6) is 0.667. The normalized spacial score (nSPS) is 13.2. The zero-order chi connectivity index (χ0) is 15.8. The Labute approximate surface area is 130 Å². The van der Waals surface area contributed by atoms with E-state index >= 15 is 0 Å². The molecule has 1 N–H and O–H groups in total. The second-order valence-corrected chi connectivity index (χ2v) is 5.29. The van der Waals surface area contributed by atoms with Crippen LogP contribution >= 0.6 is 0 Å². The summed E-state index contributed by atoms with van der Waals surface area (Å²) in [7, 11) is 0. The number of anilines is 1. The Kier molecular flexibility index (Phi) is 3.11. The quantitative estimate of drug-likeness (QED) is 0.782. The molecular formula is C16H12FN5O. The summed E-state index contributed by atoms with van der Waals surface area (Å²) in [5.41, 5.74) is 2.30. The monoisotopic (exact) mass is 309 g/mol. The van der Waals surface area contributed by atoms with Gasteiger partial charge in [0.1, 0.15) is 11.5 Å². The maximum atomic E-state index is 13.3. The van der Waals surface area contributed by atoms with Gasteiger partial charge in [-0.15, -0.1) is 0 Å². The average Bonchev–Trinajstić information content (AvgIpc) is 2.98. The van der Waals surface area contributed by atoms with Crippen LogP contribution in [0, 0.1) is 5.82 Å². The van der Waals surface area contributed by atoms with Crippen molar-refractivity contribution in [2.45, 2.75) is 13.1 Å². The van der Waals surface area contributed by atoms with Crippen LogP contribution in [0.4, 0.5) is 10.3 Å². The van der Waals surface area contributed by atoms with E-state index in [2.05, 4.69) is 19.9 Å². The highest BCUT2D eigenvalue weighted by Gasteiger charge is 2.22. The van der Waals surface area contributed by atoms with Crippen LogP contribution < -0.4 is 10.5 Å². The summed E-state index contributed by atoms with van der Waals surface area (Å²) in [5, 5.41) is 0. The number of nitrogens with zero attached hydrogens (tertiary/aromatic N) is 4. The number of rotatable bonds is 2. The van der Waals surface area contributed by atoms with E-state index in [1.807, 2.05) is 4.90 Å². The molecule has 0 radical (unpaired) electrons. The molecular weight excluding hydrogens is 297 g/mol. The van der Waals surface area contributed by atoms with Gasteiger partial charge in [0.05, 0.1) is 0 Å². The van der Waals surface area contributed by atoms with Gasteiger partial charge in [-0.25, -0.2) is 19.3 Å². The van der Waals surface area contributed by atoms with Gasteiger partial charge >= 0.3 is 0 Å². The molecule has 0 saturated heterocycles. The molecule has 0 atom stereocenters. The first-order valence-corrected chi connectivity index (χ1v) is 7.10. The fourth-order valence-electron chi connectivity index (χ4n) is 2.64. The van der Waals surface area contributed by atoms with E-state index in [1.54, 1.807) is 18.3 Å². The molecule has 0 bridgehead atoms. The van der Waals surface area contributed by atoms with Crippen LogP contribution in [0.5, 0.6) is 0 Å². The fourth-order valence-corrected chi connectivity index (χ4v) is 2.64. The number of hydrogen-bond acceptors (Lipinski definition) is 5. The van der Waals surface area contributed by atoms with Crippen molar-refractivity contribution in [3.05, 3.63) is 70.0 Å². The lowest BCUT2D eigenvalue weighted by Gasteiger charge is -2.15. The number of benzene rings is 1. The van der Waals surface area contributed by atoms with Crippen molar-refractivity contribution < 1.29 is 4.39 Å². The van der Waals surface area contributed by atoms with Crippen LogP contribution in [0.25, 0.3) is 11.5 Å². The van der Waals surface area contributed by atoms with Crippen LogP contribution in [0.2, 0.25) is 0 Å². The molecule has 3 aromatic rings. The Morgan fingerprint density at radius 2 is 1.87 bits per heavy atom. The molecule has 4 rings (SSSR count). The van der Waals surface area contributed by atoms with Crippen molar-refractivity contribution in [2.75, 3.05) is 4.90 Å². The van der Waals surface area contributed by atoms with Gasteiger partial charge in [0, 0.05) is 31.5 Å². The lowest BCUT2D eigenvalue weighted by Crippen LogP contribution is -2.18. The van der Waals surface area contributed by atoms with E-state index in [0.717, 1.165) is 11.1 Å². The molecule has 0 aliphatic carbocycles. The van der Waals surface area contributed by atoms with Crippen LogP contribution in [-0.2, 0) is 13.1 Å². The smallest absolute Gasteiger partial charge is 0.251 e. The summed E-state index contributed by atoms with van der Waals surface area (Å²) >= 11 is 0. The number of aromatic nitrogens is 4. The number of H-pyrrole nitrogens is 1. The number of aromatic amines is 1. The maximum Gasteiger partial charge on any atom is 0.251 e. The van der Waals surface area contributed by atoms with Gasteiger partial charge in [0.25, 0.3) is 5.56 Å². The standard InChI is InChI=1S/C16H12FN5O/c17-12-2-1-10-8-22(9-11(10)7-12)16-19-5-3-13(20-16)15-18-6-4-14(23)21-15/h1-7H,8-9H2,(H,18,21,23). The Morgan fingerprint density at radius 1 is 1.04 bits per heavy atom. The molecule has 0 amide bonds. The first-order chi connectivity index (χ1) is 11.2. The van der Waals surface area contributed by atoms with Gasteiger partial charge in [-0.3, -0.25) is 4.79 Å². The summed E-state index contributed by atoms with van der Waals surface area (Å²) in [6, 6.07) is 7.81. The van der Waals surface area contributed by atoms with Gasteiger partial charge in [0.15, 0.2) is 5.82 Å². The van der Waals surface area contributed by atoms with Crippen molar-refractivity contribution in [2.24, 2.45) is 0 Å². The van der Waals surface area contributed by atoms with Crippen molar-refractivity contribution in [3.8, 4) is 11.5 Å². The minimum Gasteiger partial charge on any atom is -0.332 e. The topological polar surface area (TPSA) is 74.8 Å². The van der Waals surface area contributed by atoms with E-state index < -0.39 is 0 Å². The molecule has 0 saturated carbocycles. The molecule has 7 heteroatoms. The predicted octanol–water partition coefficient (Wildman–Crippen LogP) is 1.89. The van der Waals surface area contributed by atoms with Gasteiger partial charge in [-0.1, -0.05) is 6.07 Å². The minimum absolute atomic E-state index is 0.237. The molecule has 0 spiro atoms. The molecule has 3 heterocycles. The first-order valence-electron chi connectivity index (χ1n) is 7.10. The van der Waals surface area contributed by atoms with Gasteiger partial charge in [-0.05, 0) is 29.3 Å². The second kappa shape index (κ2) is 5.28. The third-order valence-electron chi connectivity index (χ3n) is 3.73.